The Hall–Kier alpha value is -1.09. The van der Waals surface area contributed by atoms with Crippen molar-refractivity contribution in [1.29, 1.82) is 0 Å². The SMILES string of the molecule is CC(C)CNCc1ccc(N2CCCC2C(C)C)c(F)c1. The summed E-state index contributed by atoms with van der Waals surface area (Å²) in [5.74, 6) is 1.11. The number of benzene rings is 1. The highest BCUT2D eigenvalue weighted by atomic mass is 19.1. The summed E-state index contributed by atoms with van der Waals surface area (Å²) in [6.07, 6.45) is 2.34. The molecule has 1 aromatic rings. The van der Waals surface area contributed by atoms with Gasteiger partial charge < -0.3 is 10.2 Å². The fourth-order valence-electron chi connectivity index (χ4n) is 3.18. The molecular formula is C18H29FN2. The lowest BCUT2D eigenvalue weighted by atomic mass is 10.0. The number of nitrogens with one attached hydrogen (secondary N) is 1. The number of anilines is 1. The van der Waals surface area contributed by atoms with Gasteiger partial charge in [-0.2, -0.15) is 0 Å². The zero-order valence-corrected chi connectivity index (χ0v) is 13.8. The van der Waals surface area contributed by atoms with Gasteiger partial charge in [0.2, 0.25) is 0 Å². The van der Waals surface area contributed by atoms with Crippen LogP contribution in [0, 0.1) is 17.7 Å². The van der Waals surface area contributed by atoms with E-state index in [-0.39, 0.29) is 5.82 Å². The van der Waals surface area contributed by atoms with Gasteiger partial charge in [0.1, 0.15) is 5.82 Å². The molecule has 1 N–H and O–H groups in total. The van der Waals surface area contributed by atoms with Crippen molar-refractivity contribution >= 4 is 5.69 Å². The molecule has 1 fully saturated rings. The first-order chi connectivity index (χ1) is 9.99. The Kier molecular flexibility index (Phi) is 5.63. The van der Waals surface area contributed by atoms with Gasteiger partial charge in [0, 0.05) is 19.1 Å². The Balaban J connectivity index is 2.05. The standard InChI is InChI=1S/C18H29FN2/c1-13(2)11-20-12-15-7-8-18(16(19)10-15)21-9-5-6-17(21)14(3)4/h7-8,10,13-14,17,20H,5-6,9,11-12H2,1-4H3. The first kappa shape index (κ1) is 16.3. The predicted molar refractivity (Wildman–Crippen MR) is 88.2 cm³/mol. The third-order valence-corrected chi connectivity index (χ3v) is 4.27. The quantitative estimate of drug-likeness (QED) is 0.845. The minimum Gasteiger partial charge on any atom is -0.366 e. The van der Waals surface area contributed by atoms with Crippen molar-refractivity contribution < 1.29 is 4.39 Å². The Bertz CT molecular complexity index is 457. The van der Waals surface area contributed by atoms with Crippen molar-refractivity contribution in [1.82, 2.24) is 5.32 Å². The zero-order valence-electron chi connectivity index (χ0n) is 13.8. The minimum absolute atomic E-state index is 0.0774. The Morgan fingerprint density at radius 1 is 1.29 bits per heavy atom. The van der Waals surface area contributed by atoms with Gasteiger partial charge in [-0.05, 0) is 48.9 Å². The highest BCUT2D eigenvalue weighted by molar-refractivity contribution is 5.51. The van der Waals surface area contributed by atoms with E-state index in [0.29, 0.717) is 17.9 Å². The van der Waals surface area contributed by atoms with E-state index in [4.69, 9.17) is 0 Å². The molecule has 21 heavy (non-hydrogen) atoms. The van der Waals surface area contributed by atoms with Gasteiger partial charge in [0.25, 0.3) is 0 Å². The Labute approximate surface area is 128 Å². The second-order valence-electron chi connectivity index (χ2n) is 6.96. The first-order valence-electron chi connectivity index (χ1n) is 8.24. The van der Waals surface area contributed by atoms with E-state index in [9.17, 15) is 4.39 Å². The minimum atomic E-state index is -0.0774. The van der Waals surface area contributed by atoms with Gasteiger partial charge in [0.05, 0.1) is 5.69 Å². The van der Waals surface area contributed by atoms with Crippen LogP contribution in [0.5, 0.6) is 0 Å². The molecule has 0 amide bonds. The van der Waals surface area contributed by atoms with Gasteiger partial charge >= 0.3 is 0 Å². The Morgan fingerprint density at radius 2 is 2.05 bits per heavy atom. The summed E-state index contributed by atoms with van der Waals surface area (Å²) in [7, 11) is 0. The van der Waals surface area contributed by atoms with Gasteiger partial charge in [-0.1, -0.05) is 33.8 Å². The molecule has 1 atom stereocenters. The second kappa shape index (κ2) is 7.26. The van der Waals surface area contributed by atoms with Crippen LogP contribution in [0.25, 0.3) is 0 Å². The number of nitrogens with zero attached hydrogens (tertiary/aromatic N) is 1. The molecule has 3 heteroatoms. The maximum atomic E-state index is 14.5. The van der Waals surface area contributed by atoms with E-state index in [1.807, 2.05) is 6.07 Å². The normalized spacial score (nSPS) is 19.0. The fraction of sp³-hybridized carbons (Fsp3) is 0.667. The molecule has 0 aromatic heterocycles. The molecule has 1 aliphatic rings. The van der Waals surface area contributed by atoms with E-state index < -0.39 is 0 Å². The van der Waals surface area contributed by atoms with Crippen molar-refractivity contribution in [2.75, 3.05) is 18.0 Å². The monoisotopic (exact) mass is 292 g/mol. The molecule has 118 valence electrons. The van der Waals surface area contributed by atoms with Crippen molar-refractivity contribution in [2.45, 2.75) is 53.1 Å². The van der Waals surface area contributed by atoms with Crippen LogP contribution >= 0.6 is 0 Å². The molecule has 1 aromatic carbocycles. The second-order valence-corrected chi connectivity index (χ2v) is 6.96. The summed E-state index contributed by atoms with van der Waals surface area (Å²) in [5, 5.41) is 3.36. The predicted octanol–water partition coefficient (Wildman–Crippen LogP) is 4.20. The molecule has 1 aliphatic heterocycles. The molecule has 1 unspecified atom stereocenters. The highest BCUT2D eigenvalue weighted by Crippen LogP contribution is 2.31. The average Bonchev–Trinajstić information content (AvgIpc) is 2.87. The number of hydrogen-bond acceptors (Lipinski definition) is 2. The number of hydrogen-bond donors (Lipinski definition) is 1. The fourth-order valence-corrected chi connectivity index (χ4v) is 3.18. The molecule has 2 rings (SSSR count). The van der Waals surface area contributed by atoms with Crippen LogP contribution < -0.4 is 10.2 Å². The third-order valence-electron chi connectivity index (χ3n) is 4.27. The topological polar surface area (TPSA) is 15.3 Å². The Morgan fingerprint density at radius 3 is 2.67 bits per heavy atom. The van der Waals surface area contributed by atoms with E-state index in [0.717, 1.165) is 30.9 Å². The molecule has 0 aliphatic carbocycles. The largest absolute Gasteiger partial charge is 0.366 e. The van der Waals surface area contributed by atoms with E-state index in [2.05, 4.69) is 44.0 Å². The van der Waals surface area contributed by atoms with Crippen LogP contribution in [0.3, 0.4) is 0 Å². The van der Waals surface area contributed by atoms with E-state index >= 15 is 0 Å². The molecular weight excluding hydrogens is 263 g/mol. The summed E-state index contributed by atoms with van der Waals surface area (Å²) in [6.45, 7) is 11.5. The van der Waals surface area contributed by atoms with Gasteiger partial charge in [-0.25, -0.2) is 4.39 Å². The highest BCUT2D eigenvalue weighted by Gasteiger charge is 2.28. The van der Waals surface area contributed by atoms with Crippen LogP contribution in [0.1, 0.15) is 46.1 Å². The molecule has 0 radical (unpaired) electrons. The maximum Gasteiger partial charge on any atom is 0.146 e. The van der Waals surface area contributed by atoms with Crippen molar-refractivity contribution in [3.05, 3.63) is 29.6 Å². The summed E-state index contributed by atoms with van der Waals surface area (Å²) in [5.41, 5.74) is 1.80. The smallest absolute Gasteiger partial charge is 0.146 e. The number of rotatable bonds is 6. The molecule has 0 bridgehead atoms. The number of halogens is 1. The first-order valence-corrected chi connectivity index (χ1v) is 8.24. The van der Waals surface area contributed by atoms with E-state index in [1.54, 1.807) is 6.07 Å². The molecule has 1 saturated heterocycles. The van der Waals surface area contributed by atoms with Gasteiger partial charge in [0.15, 0.2) is 0 Å². The van der Waals surface area contributed by atoms with Crippen LogP contribution in [-0.2, 0) is 6.54 Å². The summed E-state index contributed by atoms with van der Waals surface area (Å²) < 4.78 is 14.5. The molecule has 0 spiro atoms. The maximum absolute atomic E-state index is 14.5. The summed E-state index contributed by atoms with van der Waals surface area (Å²) in [4.78, 5) is 2.26. The van der Waals surface area contributed by atoms with Crippen LogP contribution in [-0.4, -0.2) is 19.1 Å². The van der Waals surface area contributed by atoms with E-state index in [1.165, 1.54) is 12.8 Å². The summed E-state index contributed by atoms with van der Waals surface area (Å²) in [6, 6.07) is 6.19. The lowest BCUT2D eigenvalue weighted by Crippen LogP contribution is -2.34. The third kappa shape index (κ3) is 4.19. The molecule has 1 heterocycles. The van der Waals surface area contributed by atoms with Crippen molar-refractivity contribution in [3.8, 4) is 0 Å². The van der Waals surface area contributed by atoms with Gasteiger partial charge in [-0.15, -0.1) is 0 Å². The van der Waals surface area contributed by atoms with Crippen molar-refractivity contribution in [3.63, 3.8) is 0 Å². The van der Waals surface area contributed by atoms with Crippen LogP contribution in [0.2, 0.25) is 0 Å². The van der Waals surface area contributed by atoms with Crippen LogP contribution in [0.15, 0.2) is 18.2 Å². The molecule has 0 saturated carbocycles. The zero-order chi connectivity index (χ0) is 15.4. The van der Waals surface area contributed by atoms with Gasteiger partial charge in [-0.3, -0.25) is 0 Å². The van der Waals surface area contributed by atoms with Crippen LogP contribution in [0.4, 0.5) is 10.1 Å². The molecule has 2 nitrogen and oxygen atoms in total. The summed E-state index contributed by atoms with van der Waals surface area (Å²) >= 11 is 0. The lowest BCUT2D eigenvalue weighted by molar-refractivity contribution is 0.485. The van der Waals surface area contributed by atoms with Crippen molar-refractivity contribution in [2.24, 2.45) is 11.8 Å². The average molecular weight is 292 g/mol. The lowest BCUT2D eigenvalue weighted by Gasteiger charge is -2.30.